The molecule has 8 heteroatoms. The molecule has 140 valence electrons. The molecule has 2 fully saturated rings. The Bertz CT molecular complexity index is 781. The van der Waals surface area contributed by atoms with Crippen molar-refractivity contribution in [3.8, 4) is 0 Å². The maximum atomic E-state index is 12.6. The topological polar surface area (TPSA) is 82.9 Å². The number of aromatic amines is 1. The fourth-order valence-electron chi connectivity index (χ4n) is 3.75. The number of H-pyrrole nitrogens is 1. The molecule has 2 aliphatic rings. The first-order valence-electron chi connectivity index (χ1n) is 9.42. The monoisotopic (exact) mass is 357 g/mol. The van der Waals surface area contributed by atoms with Crippen molar-refractivity contribution >= 4 is 5.91 Å². The van der Waals surface area contributed by atoms with E-state index < -0.39 is 0 Å². The standard InChI is InChI=1S/C18H27N7O/c1-12-10-19-16(20-12)18(26)24-8-6-13(7-9-24)17-22-21-15(11-23(2)3)25(17)14-4-5-14/h10,13-14H,4-9,11H2,1-3H3,(H,19,20). The molecule has 1 N–H and O–H groups in total. The van der Waals surface area contributed by atoms with Crippen molar-refractivity contribution in [2.45, 2.75) is 51.1 Å². The quantitative estimate of drug-likeness (QED) is 0.881. The Morgan fingerprint density at radius 3 is 2.54 bits per heavy atom. The minimum absolute atomic E-state index is 0.00601. The van der Waals surface area contributed by atoms with E-state index >= 15 is 0 Å². The molecule has 0 aromatic carbocycles. The van der Waals surface area contributed by atoms with Crippen LogP contribution in [0.4, 0.5) is 0 Å². The molecule has 2 aromatic heterocycles. The number of aromatic nitrogens is 5. The van der Waals surface area contributed by atoms with E-state index in [4.69, 9.17) is 0 Å². The van der Waals surface area contributed by atoms with Gasteiger partial charge in [0.15, 0.2) is 5.82 Å². The Hall–Kier alpha value is -2.22. The second-order valence-electron chi connectivity index (χ2n) is 7.79. The molecule has 0 spiro atoms. The Kier molecular flexibility index (Phi) is 4.52. The first-order valence-corrected chi connectivity index (χ1v) is 9.42. The molecule has 0 unspecified atom stereocenters. The third kappa shape index (κ3) is 3.38. The molecule has 0 radical (unpaired) electrons. The zero-order valence-electron chi connectivity index (χ0n) is 15.8. The van der Waals surface area contributed by atoms with E-state index in [2.05, 4.69) is 43.7 Å². The highest BCUT2D eigenvalue weighted by molar-refractivity contribution is 5.90. The van der Waals surface area contributed by atoms with Crippen molar-refractivity contribution in [3.63, 3.8) is 0 Å². The number of amides is 1. The van der Waals surface area contributed by atoms with Crippen molar-refractivity contribution in [3.05, 3.63) is 29.4 Å². The Balaban J connectivity index is 1.45. The van der Waals surface area contributed by atoms with Crippen molar-refractivity contribution in [1.82, 2.24) is 34.5 Å². The second-order valence-corrected chi connectivity index (χ2v) is 7.79. The predicted molar refractivity (Wildman–Crippen MR) is 96.9 cm³/mol. The summed E-state index contributed by atoms with van der Waals surface area (Å²) in [6, 6.07) is 0.570. The summed E-state index contributed by atoms with van der Waals surface area (Å²) in [5.74, 6) is 2.99. The maximum absolute atomic E-state index is 12.6. The molecule has 1 saturated heterocycles. The van der Waals surface area contributed by atoms with E-state index in [1.54, 1.807) is 6.20 Å². The first-order chi connectivity index (χ1) is 12.5. The van der Waals surface area contributed by atoms with Crippen molar-refractivity contribution in [2.75, 3.05) is 27.2 Å². The van der Waals surface area contributed by atoms with E-state index in [9.17, 15) is 4.79 Å². The highest BCUT2D eigenvalue weighted by Crippen LogP contribution is 2.40. The molecule has 0 atom stereocenters. The van der Waals surface area contributed by atoms with Gasteiger partial charge in [0.25, 0.3) is 5.91 Å². The number of carbonyl (C=O) groups is 1. The van der Waals surface area contributed by atoms with Gasteiger partial charge >= 0.3 is 0 Å². The van der Waals surface area contributed by atoms with Crippen molar-refractivity contribution in [2.24, 2.45) is 0 Å². The molecule has 3 heterocycles. The van der Waals surface area contributed by atoms with Crippen LogP contribution < -0.4 is 0 Å². The fraction of sp³-hybridized carbons (Fsp3) is 0.667. The molecule has 1 aliphatic heterocycles. The van der Waals surface area contributed by atoms with Crippen LogP contribution in [0.3, 0.4) is 0 Å². The average Bonchev–Trinajstić information content (AvgIpc) is 3.23. The summed E-state index contributed by atoms with van der Waals surface area (Å²) in [6.45, 7) is 4.21. The lowest BCUT2D eigenvalue weighted by molar-refractivity contribution is 0.0698. The number of imidazole rings is 1. The van der Waals surface area contributed by atoms with Gasteiger partial charge in [-0.2, -0.15) is 0 Å². The summed E-state index contributed by atoms with van der Waals surface area (Å²) < 4.78 is 2.37. The Labute approximate surface area is 153 Å². The predicted octanol–water partition coefficient (Wildman–Crippen LogP) is 1.73. The number of likely N-dealkylation sites (tertiary alicyclic amines) is 1. The summed E-state index contributed by atoms with van der Waals surface area (Å²) in [5.41, 5.74) is 0.911. The SMILES string of the molecule is Cc1cnc(C(=O)N2CCC(c3nnc(CN(C)C)n3C3CC3)CC2)[nH]1. The molecular formula is C18H27N7O. The molecule has 26 heavy (non-hydrogen) atoms. The number of piperidine rings is 1. The van der Waals surface area contributed by atoms with Gasteiger partial charge in [0, 0.05) is 36.9 Å². The summed E-state index contributed by atoms with van der Waals surface area (Å²) in [6.07, 6.45) is 6.00. The van der Waals surface area contributed by atoms with Crippen molar-refractivity contribution in [1.29, 1.82) is 0 Å². The molecule has 1 amide bonds. The Morgan fingerprint density at radius 2 is 1.96 bits per heavy atom. The number of rotatable bonds is 5. The van der Waals surface area contributed by atoms with Gasteiger partial charge in [-0.3, -0.25) is 4.79 Å². The number of aryl methyl sites for hydroxylation is 1. The van der Waals surface area contributed by atoms with Gasteiger partial charge in [0.2, 0.25) is 0 Å². The van der Waals surface area contributed by atoms with Crippen LogP contribution in [-0.4, -0.2) is 67.6 Å². The van der Waals surface area contributed by atoms with E-state index in [1.807, 2.05) is 11.8 Å². The van der Waals surface area contributed by atoms with Gasteiger partial charge in [0.05, 0.1) is 6.54 Å². The highest BCUT2D eigenvalue weighted by atomic mass is 16.2. The molecule has 4 rings (SSSR count). The Morgan fingerprint density at radius 1 is 1.23 bits per heavy atom. The lowest BCUT2D eigenvalue weighted by Crippen LogP contribution is -2.39. The molecule has 8 nitrogen and oxygen atoms in total. The van der Waals surface area contributed by atoms with Crippen LogP contribution in [0.15, 0.2) is 6.20 Å². The number of hydrogen-bond donors (Lipinski definition) is 1. The van der Waals surface area contributed by atoms with E-state index in [0.717, 1.165) is 49.8 Å². The normalized spacial score (nSPS) is 18.7. The van der Waals surface area contributed by atoms with Crippen molar-refractivity contribution < 1.29 is 4.79 Å². The van der Waals surface area contributed by atoms with E-state index in [-0.39, 0.29) is 5.91 Å². The van der Waals surface area contributed by atoms with Crippen LogP contribution in [0.25, 0.3) is 0 Å². The van der Waals surface area contributed by atoms with Gasteiger partial charge < -0.3 is 19.4 Å². The van der Waals surface area contributed by atoms with Gasteiger partial charge in [-0.1, -0.05) is 0 Å². The maximum Gasteiger partial charge on any atom is 0.289 e. The van der Waals surface area contributed by atoms with Crippen LogP contribution in [0.1, 0.15) is 65.6 Å². The van der Waals surface area contributed by atoms with Gasteiger partial charge in [-0.15, -0.1) is 10.2 Å². The average molecular weight is 357 g/mol. The molecule has 1 aliphatic carbocycles. The molecule has 1 saturated carbocycles. The van der Waals surface area contributed by atoms with Crippen LogP contribution in [-0.2, 0) is 6.54 Å². The van der Waals surface area contributed by atoms with Crippen LogP contribution in [0.5, 0.6) is 0 Å². The summed E-state index contributed by atoms with van der Waals surface area (Å²) >= 11 is 0. The highest BCUT2D eigenvalue weighted by Gasteiger charge is 2.34. The van der Waals surface area contributed by atoms with E-state index in [0.29, 0.717) is 17.8 Å². The number of nitrogens with one attached hydrogen (secondary N) is 1. The smallest absolute Gasteiger partial charge is 0.289 e. The number of hydrogen-bond acceptors (Lipinski definition) is 5. The zero-order valence-corrected chi connectivity index (χ0v) is 15.8. The minimum atomic E-state index is -0.00601. The third-order valence-corrected chi connectivity index (χ3v) is 5.22. The van der Waals surface area contributed by atoms with Gasteiger partial charge in [-0.05, 0) is 46.7 Å². The number of nitrogens with zero attached hydrogens (tertiary/aromatic N) is 6. The van der Waals surface area contributed by atoms with Crippen LogP contribution >= 0.6 is 0 Å². The molecule has 2 aromatic rings. The third-order valence-electron chi connectivity index (χ3n) is 5.22. The minimum Gasteiger partial charge on any atom is -0.338 e. The number of carbonyl (C=O) groups excluding carboxylic acids is 1. The largest absolute Gasteiger partial charge is 0.338 e. The lowest BCUT2D eigenvalue weighted by Gasteiger charge is -2.31. The summed E-state index contributed by atoms with van der Waals surface area (Å²) in [7, 11) is 4.12. The molecule has 0 bridgehead atoms. The molecular weight excluding hydrogens is 330 g/mol. The van der Waals surface area contributed by atoms with Gasteiger partial charge in [0.1, 0.15) is 11.6 Å². The van der Waals surface area contributed by atoms with Crippen LogP contribution in [0.2, 0.25) is 0 Å². The van der Waals surface area contributed by atoms with Gasteiger partial charge in [-0.25, -0.2) is 4.98 Å². The lowest BCUT2D eigenvalue weighted by atomic mass is 9.95. The van der Waals surface area contributed by atoms with Crippen LogP contribution in [0, 0.1) is 6.92 Å². The van der Waals surface area contributed by atoms with E-state index in [1.165, 1.54) is 12.8 Å². The summed E-state index contributed by atoms with van der Waals surface area (Å²) in [5, 5.41) is 9.02. The second kappa shape index (κ2) is 6.83. The summed E-state index contributed by atoms with van der Waals surface area (Å²) in [4.78, 5) is 23.8. The first kappa shape index (κ1) is 17.2. The zero-order chi connectivity index (χ0) is 18.3. The fourth-order valence-corrected chi connectivity index (χ4v) is 3.75.